The highest BCUT2D eigenvalue weighted by Crippen LogP contribution is 2.45. The summed E-state index contributed by atoms with van der Waals surface area (Å²) >= 11 is 1.20. The molecule has 1 aliphatic carbocycles. The summed E-state index contributed by atoms with van der Waals surface area (Å²) in [7, 11) is 3.79. The minimum atomic E-state index is -0.751. The van der Waals surface area contributed by atoms with E-state index in [0.717, 1.165) is 57.3 Å². The predicted molar refractivity (Wildman–Crippen MR) is 239 cm³/mol. The summed E-state index contributed by atoms with van der Waals surface area (Å²) in [5.41, 5.74) is 1.51. The van der Waals surface area contributed by atoms with Gasteiger partial charge in [-0.2, -0.15) is 5.26 Å². The lowest BCUT2D eigenvalue weighted by Gasteiger charge is -2.36. The summed E-state index contributed by atoms with van der Waals surface area (Å²) in [6.07, 6.45) is 11.5. The second-order valence-electron chi connectivity index (χ2n) is 17.0. The highest BCUT2D eigenvalue weighted by atomic mass is 32.1. The van der Waals surface area contributed by atoms with E-state index in [9.17, 15) is 15.2 Å². The van der Waals surface area contributed by atoms with Crippen LogP contribution in [0.2, 0.25) is 0 Å². The molecule has 1 aromatic carbocycles. The fraction of sp³-hybridized carbons (Fsp3) is 0.562. The molecule has 322 valence electrons. The van der Waals surface area contributed by atoms with E-state index in [-0.39, 0.29) is 56.7 Å². The molecule has 1 aromatic heterocycles. The van der Waals surface area contributed by atoms with Gasteiger partial charge in [0.1, 0.15) is 30.0 Å². The monoisotopic (exact) mass is 832 g/mol. The number of methoxy groups -OCH3 is 1. The van der Waals surface area contributed by atoms with Crippen molar-refractivity contribution in [3.63, 3.8) is 0 Å². The summed E-state index contributed by atoms with van der Waals surface area (Å²) in [4.78, 5) is 20.0. The van der Waals surface area contributed by atoms with Gasteiger partial charge in [-0.15, -0.1) is 11.3 Å². The number of benzene rings is 1. The number of fused-ring (bicyclic) bond motifs is 2. The van der Waals surface area contributed by atoms with Gasteiger partial charge < -0.3 is 19.5 Å². The zero-order valence-electron chi connectivity index (χ0n) is 37.2. The average Bonchev–Trinajstić information content (AvgIpc) is 3.90. The van der Waals surface area contributed by atoms with Crippen LogP contribution in [0, 0.1) is 29.0 Å². The van der Waals surface area contributed by atoms with Crippen LogP contribution in [0.1, 0.15) is 129 Å². The Morgan fingerprint density at radius 3 is 2.47 bits per heavy atom. The van der Waals surface area contributed by atoms with Crippen molar-refractivity contribution in [2.45, 2.75) is 131 Å². The summed E-state index contributed by atoms with van der Waals surface area (Å²) in [6.45, 7) is 23.6. The van der Waals surface area contributed by atoms with Gasteiger partial charge in [0.2, 0.25) is 5.88 Å². The molecule has 0 radical (unpaired) electrons. The van der Waals surface area contributed by atoms with Crippen LogP contribution in [-0.4, -0.2) is 77.9 Å². The van der Waals surface area contributed by atoms with Gasteiger partial charge in [-0.3, -0.25) is 9.69 Å². The summed E-state index contributed by atoms with van der Waals surface area (Å²) in [5.74, 6) is -0.371. The number of thiophene rings is 1. The van der Waals surface area contributed by atoms with E-state index in [1.54, 1.807) is 13.2 Å². The first-order valence-corrected chi connectivity index (χ1v) is 22.0. The van der Waals surface area contributed by atoms with Gasteiger partial charge >= 0.3 is 0 Å². The molecule has 3 aliphatic rings. The van der Waals surface area contributed by atoms with E-state index >= 15 is 8.78 Å². The van der Waals surface area contributed by atoms with Gasteiger partial charge in [0.15, 0.2) is 11.6 Å². The van der Waals surface area contributed by atoms with Crippen LogP contribution in [0.5, 0.6) is 0 Å². The lowest BCUT2D eigenvalue weighted by atomic mass is 9.87. The highest BCUT2D eigenvalue weighted by Gasteiger charge is 2.49. The maximum atomic E-state index is 17.7. The summed E-state index contributed by atoms with van der Waals surface area (Å²) in [5, 5.41) is 22.4. The Hall–Kier alpha value is -4.11. The third-order valence-electron chi connectivity index (χ3n) is 12.3. The van der Waals surface area contributed by atoms with Crippen molar-refractivity contribution in [1.82, 2.24) is 9.80 Å². The van der Waals surface area contributed by atoms with Crippen LogP contribution in [0.15, 0.2) is 70.7 Å². The smallest absolute Gasteiger partial charge is 0.209 e. The van der Waals surface area contributed by atoms with Crippen molar-refractivity contribution in [1.29, 1.82) is 5.26 Å². The lowest BCUT2D eigenvalue weighted by Crippen LogP contribution is -2.42. The van der Waals surface area contributed by atoms with Gasteiger partial charge in [0.25, 0.3) is 0 Å². The van der Waals surface area contributed by atoms with Gasteiger partial charge in [0.05, 0.1) is 27.5 Å². The first kappa shape index (κ1) is 47.6. The molecule has 0 saturated carbocycles. The number of carbonyl (C=O) groups excluding carboxylic acids is 1. The average molecular weight is 833 g/mol. The number of nitrogens with zero attached hydrogens (tertiary/aromatic N) is 4. The number of nitriles is 1. The van der Waals surface area contributed by atoms with Gasteiger partial charge in [-0.1, -0.05) is 67.5 Å². The topological polar surface area (TPSA) is 98.4 Å². The van der Waals surface area contributed by atoms with Crippen molar-refractivity contribution in [3.8, 4) is 6.07 Å². The Balaban J connectivity index is 0.00000145. The molecule has 59 heavy (non-hydrogen) atoms. The van der Waals surface area contributed by atoms with Crippen molar-refractivity contribution in [2.75, 3.05) is 33.9 Å². The number of rotatable bonds is 16. The Bertz CT molecular complexity index is 2050. The molecule has 0 amide bonds. The number of ketones is 1. The number of hydrogen-bond donors (Lipinski definition) is 1. The lowest BCUT2D eigenvalue weighted by molar-refractivity contribution is -0.112. The zero-order chi connectivity index (χ0) is 43.8. The Kier molecular flexibility index (Phi) is 16.9. The van der Waals surface area contributed by atoms with Gasteiger partial charge in [-0.05, 0) is 107 Å². The van der Waals surface area contributed by atoms with Crippen LogP contribution in [0.25, 0.3) is 15.7 Å². The number of allylic oxidation sites excluding steroid dienone is 7. The Labute approximate surface area is 355 Å². The van der Waals surface area contributed by atoms with E-state index in [4.69, 9.17) is 14.5 Å². The van der Waals surface area contributed by atoms with Crippen molar-refractivity contribution >= 4 is 38.5 Å². The highest BCUT2D eigenvalue weighted by molar-refractivity contribution is 7.19. The van der Waals surface area contributed by atoms with Crippen LogP contribution < -0.4 is 0 Å². The number of carbonyl (C=O) groups is 1. The van der Waals surface area contributed by atoms with E-state index < -0.39 is 11.6 Å². The van der Waals surface area contributed by atoms with Crippen LogP contribution >= 0.6 is 11.3 Å². The molecule has 2 aromatic rings. The molecule has 3 heterocycles. The summed E-state index contributed by atoms with van der Waals surface area (Å²) in [6, 6.07) is 5.17. The maximum Gasteiger partial charge on any atom is 0.209 e. The van der Waals surface area contributed by atoms with Crippen LogP contribution in [0.4, 0.5) is 8.78 Å². The second-order valence-corrected chi connectivity index (χ2v) is 18.0. The van der Waals surface area contributed by atoms with Crippen molar-refractivity contribution in [3.05, 3.63) is 87.5 Å². The van der Waals surface area contributed by atoms with Crippen LogP contribution in [-0.2, 0) is 14.3 Å². The molecule has 0 spiro atoms. The van der Waals surface area contributed by atoms with Crippen molar-refractivity contribution < 1.29 is 28.2 Å². The molecule has 8 nitrogen and oxygen atoms in total. The molecule has 2 aliphatic heterocycles. The van der Waals surface area contributed by atoms with Crippen LogP contribution in [0.3, 0.4) is 0 Å². The minimum Gasteiger partial charge on any atom is -0.507 e. The number of aliphatic imine (C=N–C) groups is 1. The molecule has 4 atom stereocenters. The van der Waals surface area contributed by atoms with Gasteiger partial charge in [0, 0.05) is 48.3 Å². The molecule has 2 fully saturated rings. The predicted octanol–water partition coefficient (Wildman–Crippen LogP) is 12.0. The number of aliphatic hydroxyl groups is 1. The Morgan fingerprint density at radius 2 is 1.90 bits per heavy atom. The zero-order valence-corrected chi connectivity index (χ0v) is 38.0. The fourth-order valence-electron chi connectivity index (χ4n) is 8.51. The molecular formula is C48H66F2N4O4S. The molecule has 2 saturated heterocycles. The number of ether oxygens (including phenoxy) is 2. The number of aliphatic hydroxyl groups excluding tert-OH is 1. The molecule has 11 heteroatoms. The quantitative estimate of drug-likeness (QED) is 0.133. The SMILES string of the molecule is C=CC(C)=O.CC/C=C(/N=C1/C(F)=C(c2ccc(F)c3sc(C(C)C)c(C#N)c23)C(O)=C/C1=C(/C)N(C)C(CCC(C)CC)C(C)C)OCC12CCCN1CC(OC)C2. The normalized spacial score (nSPS) is 22.3. The third kappa shape index (κ3) is 10.6. The maximum absolute atomic E-state index is 17.7. The molecule has 1 N–H and O–H groups in total. The molecular weight excluding hydrogens is 767 g/mol. The Morgan fingerprint density at radius 1 is 1.20 bits per heavy atom. The first-order chi connectivity index (χ1) is 28.0. The molecule has 0 bridgehead atoms. The van der Waals surface area contributed by atoms with E-state index in [2.05, 4.69) is 50.1 Å². The largest absolute Gasteiger partial charge is 0.507 e. The second kappa shape index (κ2) is 20.9. The fourth-order valence-corrected chi connectivity index (χ4v) is 9.69. The minimum absolute atomic E-state index is 0.0185. The molecule has 5 rings (SSSR count). The van der Waals surface area contributed by atoms with E-state index in [1.807, 2.05) is 40.8 Å². The first-order valence-electron chi connectivity index (χ1n) is 21.2. The van der Waals surface area contributed by atoms with Crippen molar-refractivity contribution in [2.24, 2.45) is 16.8 Å². The standard InChI is InChI=1S/C44H60F2N4O3S.C4H6O/c1-11-14-37(53-25-44-19-13-20-50(44)24-30(22-44)52-10)48-41-32(29(8)49(9)35(26(3)4)18-15-28(7)12-2)21-36(51)39(40(41)46)31-16-17-34(45)43-38(31)33(23-47)42(54-43)27(5)6;1-3-4(2)5/h14,16-17,21,26-28,30,35,51H,11-13,15,18-20,22,24-25H2,1-10H3;3H,1H2,2H3/b32-29+,37-14-,48-41+;. The molecule has 4 unspecified atom stereocenters. The number of hydrogen-bond acceptors (Lipinski definition) is 9. The third-order valence-corrected chi connectivity index (χ3v) is 13.8. The summed E-state index contributed by atoms with van der Waals surface area (Å²) < 4.78 is 45.6. The van der Waals surface area contributed by atoms with E-state index in [1.165, 1.54) is 36.5 Å². The van der Waals surface area contributed by atoms with Gasteiger partial charge in [-0.25, -0.2) is 13.8 Å². The van der Waals surface area contributed by atoms with E-state index in [0.29, 0.717) is 52.1 Å². The number of halogens is 2.